The van der Waals surface area contributed by atoms with Gasteiger partial charge in [-0.1, -0.05) is 15.9 Å². The number of benzene rings is 1. The van der Waals surface area contributed by atoms with Gasteiger partial charge in [-0.3, -0.25) is 4.79 Å². The number of nitrogens with one attached hydrogen (secondary N) is 1. The maximum absolute atomic E-state index is 12.0. The molecule has 1 heterocycles. The predicted molar refractivity (Wildman–Crippen MR) is 77.6 cm³/mol. The highest BCUT2D eigenvalue weighted by molar-refractivity contribution is 9.10. The monoisotopic (exact) mass is 320 g/mol. The van der Waals surface area contributed by atoms with E-state index in [0.717, 1.165) is 15.7 Å². The van der Waals surface area contributed by atoms with Gasteiger partial charge in [0, 0.05) is 22.4 Å². The van der Waals surface area contributed by atoms with Gasteiger partial charge in [-0.05, 0) is 36.8 Å². The lowest BCUT2D eigenvalue weighted by atomic mass is 10.2. The van der Waals surface area contributed by atoms with Crippen LogP contribution in [0.2, 0.25) is 0 Å². The van der Waals surface area contributed by atoms with Gasteiger partial charge < -0.3 is 10.1 Å². The molecule has 0 spiro atoms. The molecule has 2 aromatic rings. The van der Waals surface area contributed by atoms with Gasteiger partial charge in [-0.15, -0.1) is 0 Å². The minimum absolute atomic E-state index is 0.194. The zero-order valence-electron chi connectivity index (χ0n) is 10.6. The fourth-order valence-corrected chi connectivity index (χ4v) is 2.07. The van der Waals surface area contributed by atoms with E-state index in [1.54, 1.807) is 12.1 Å². The molecule has 1 aromatic carbocycles. The normalized spacial score (nSPS) is 10.1. The Bertz CT molecular complexity index is 597. The lowest BCUT2D eigenvalue weighted by molar-refractivity contribution is 0.102. The molecule has 0 fully saturated rings. The molecule has 1 aromatic heterocycles. The van der Waals surface area contributed by atoms with Crippen molar-refractivity contribution in [2.75, 3.05) is 12.4 Å². The number of methoxy groups -OCH3 is 1. The molecule has 0 aliphatic heterocycles. The molecule has 0 bridgehead atoms. The van der Waals surface area contributed by atoms with Gasteiger partial charge >= 0.3 is 0 Å². The molecule has 19 heavy (non-hydrogen) atoms. The van der Waals surface area contributed by atoms with Gasteiger partial charge in [0.05, 0.1) is 12.7 Å². The SMILES string of the molecule is COc1ccc(C(=O)Nc2ccc(Br)cc2C)cn1. The van der Waals surface area contributed by atoms with Crippen LogP contribution in [0, 0.1) is 6.92 Å². The average Bonchev–Trinajstić information content (AvgIpc) is 2.42. The Morgan fingerprint density at radius 3 is 2.68 bits per heavy atom. The van der Waals surface area contributed by atoms with Crippen LogP contribution in [0.4, 0.5) is 5.69 Å². The van der Waals surface area contributed by atoms with E-state index in [2.05, 4.69) is 26.2 Å². The van der Waals surface area contributed by atoms with Crippen molar-refractivity contribution in [2.24, 2.45) is 0 Å². The second-order valence-electron chi connectivity index (χ2n) is 4.00. The van der Waals surface area contributed by atoms with E-state index >= 15 is 0 Å². The first-order valence-electron chi connectivity index (χ1n) is 5.67. The molecule has 1 N–H and O–H groups in total. The maximum atomic E-state index is 12.0. The Kier molecular flexibility index (Phi) is 4.16. The number of carbonyl (C=O) groups excluding carboxylic acids is 1. The van der Waals surface area contributed by atoms with Crippen molar-refractivity contribution >= 4 is 27.5 Å². The smallest absolute Gasteiger partial charge is 0.257 e. The summed E-state index contributed by atoms with van der Waals surface area (Å²) >= 11 is 3.39. The Morgan fingerprint density at radius 2 is 2.11 bits per heavy atom. The van der Waals surface area contributed by atoms with Gasteiger partial charge in [0.25, 0.3) is 5.91 Å². The molecule has 0 saturated carbocycles. The quantitative estimate of drug-likeness (QED) is 0.942. The highest BCUT2D eigenvalue weighted by Crippen LogP contribution is 2.20. The minimum Gasteiger partial charge on any atom is -0.481 e. The number of anilines is 1. The molecule has 0 aliphatic rings. The number of aromatic nitrogens is 1. The second kappa shape index (κ2) is 5.84. The summed E-state index contributed by atoms with van der Waals surface area (Å²) in [7, 11) is 1.53. The number of rotatable bonds is 3. The van der Waals surface area contributed by atoms with Crippen molar-refractivity contribution in [2.45, 2.75) is 6.92 Å². The first kappa shape index (κ1) is 13.5. The first-order valence-corrected chi connectivity index (χ1v) is 6.47. The Balaban J connectivity index is 2.15. The lowest BCUT2D eigenvalue weighted by Crippen LogP contribution is -2.13. The molecule has 0 radical (unpaired) electrons. The Labute approximate surface area is 119 Å². The van der Waals surface area contributed by atoms with Crippen molar-refractivity contribution in [3.63, 3.8) is 0 Å². The van der Waals surface area contributed by atoms with Crippen molar-refractivity contribution in [3.8, 4) is 5.88 Å². The van der Waals surface area contributed by atoms with Crippen LogP contribution >= 0.6 is 15.9 Å². The largest absolute Gasteiger partial charge is 0.481 e. The molecule has 1 amide bonds. The third-order valence-electron chi connectivity index (χ3n) is 2.64. The number of aryl methyl sites for hydroxylation is 1. The van der Waals surface area contributed by atoms with E-state index in [0.29, 0.717) is 11.4 Å². The predicted octanol–water partition coefficient (Wildman–Crippen LogP) is 3.41. The highest BCUT2D eigenvalue weighted by atomic mass is 79.9. The fourth-order valence-electron chi connectivity index (χ4n) is 1.60. The summed E-state index contributed by atoms with van der Waals surface area (Å²) in [5.41, 5.74) is 2.26. The van der Waals surface area contributed by atoms with Crippen molar-refractivity contribution in [3.05, 3.63) is 52.1 Å². The topological polar surface area (TPSA) is 51.2 Å². The summed E-state index contributed by atoms with van der Waals surface area (Å²) in [5, 5.41) is 2.85. The first-order chi connectivity index (χ1) is 9.10. The van der Waals surface area contributed by atoms with Gasteiger partial charge in [0.1, 0.15) is 0 Å². The number of halogens is 1. The Hall–Kier alpha value is -1.88. The van der Waals surface area contributed by atoms with E-state index in [4.69, 9.17) is 4.74 Å². The molecule has 98 valence electrons. The third-order valence-corrected chi connectivity index (χ3v) is 3.14. The van der Waals surface area contributed by atoms with Crippen LogP contribution in [0.3, 0.4) is 0 Å². The number of pyridine rings is 1. The van der Waals surface area contributed by atoms with Crippen LogP contribution in [0.25, 0.3) is 0 Å². The van der Waals surface area contributed by atoms with E-state index in [9.17, 15) is 4.79 Å². The maximum Gasteiger partial charge on any atom is 0.257 e. The van der Waals surface area contributed by atoms with Crippen molar-refractivity contribution < 1.29 is 9.53 Å². The summed E-state index contributed by atoms with van der Waals surface area (Å²) in [5.74, 6) is 0.289. The summed E-state index contributed by atoms with van der Waals surface area (Å²) in [6, 6.07) is 9.02. The third kappa shape index (κ3) is 3.32. The summed E-state index contributed by atoms with van der Waals surface area (Å²) in [4.78, 5) is 16.1. The van der Waals surface area contributed by atoms with Gasteiger partial charge in [0.2, 0.25) is 5.88 Å². The van der Waals surface area contributed by atoms with Crippen molar-refractivity contribution in [1.82, 2.24) is 4.98 Å². The summed E-state index contributed by atoms with van der Waals surface area (Å²) in [6.07, 6.45) is 1.49. The summed E-state index contributed by atoms with van der Waals surface area (Å²) in [6.45, 7) is 1.94. The van der Waals surface area contributed by atoms with Crippen LogP contribution < -0.4 is 10.1 Å². The van der Waals surface area contributed by atoms with Gasteiger partial charge in [-0.2, -0.15) is 0 Å². The van der Waals surface area contributed by atoms with Crippen LogP contribution in [-0.4, -0.2) is 18.0 Å². The van der Waals surface area contributed by atoms with Crippen LogP contribution in [-0.2, 0) is 0 Å². The van der Waals surface area contributed by atoms with E-state index in [1.165, 1.54) is 13.3 Å². The van der Waals surface area contributed by atoms with E-state index < -0.39 is 0 Å². The van der Waals surface area contributed by atoms with Crippen LogP contribution in [0.5, 0.6) is 5.88 Å². The fraction of sp³-hybridized carbons (Fsp3) is 0.143. The number of carbonyl (C=O) groups is 1. The number of nitrogens with zero attached hydrogens (tertiary/aromatic N) is 1. The molecule has 0 unspecified atom stereocenters. The molecule has 4 nitrogen and oxygen atoms in total. The number of hydrogen-bond donors (Lipinski definition) is 1. The summed E-state index contributed by atoms with van der Waals surface area (Å²) < 4.78 is 5.93. The molecule has 0 aliphatic carbocycles. The molecular formula is C14H13BrN2O2. The molecule has 5 heteroatoms. The molecule has 0 saturated heterocycles. The zero-order valence-corrected chi connectivity index (χ0v) is 12.2. The lowest BCUT2D eigenvalue weighted by Gasteiger charge is -2.08. The second-order valence-corrected chi connectivity index (χ2v) is 4.92. The van der Waals surface area contributed by atoms with E-state index in [-0.39, 0.29) is 5.91 Å². The standard InChI is InChI=1S/C14H13BrN2O2/c1-9-7-11(15)4-5-12(9)17-14(18)10-3-6-13(19-2)16-8-10/h3-8H,1-2H3,(H,17,18). The zero-order chi connectivity index (χ0) is 13.8. The van der Waals surface area contributed by atoms with Crippen molar-refractivity contribution in [1.29, 1.82) is 0 Å². The molecule has 2 rings (SSSR count). The molecular weight excluding hydrogens is 308 g/mol. The van der Waals surface area contributed by atoms with Gasteiger partial charge in [-0.25, -0.2) is 4.98 Å². The van der Waals surface area contributed by atoms with Crippen LogP contribution in [0.15, 0.2) is 41.0 Å². The average molecular weight is 321 g/mol. The number of ether oxygens (including phenoxy) is 1. The molecule has 0 atom stereocenters. The van der Waals surface area contributed by atoms with Gasteiger partial charge in [0.15, 0.2) is 0 Å². The van der Waals surface area contributed by atoms with E-state index in [1.807, 2.05) is 25.1 Å². The highest BCUT2D eigenvalue weighted by Gasteiger charge is 2.08. The minimum atomic E-state index is -0.194. The Morgan fingerprint density at radius 1 is 1.32 bits per heavy atom. The number of hydrogen-bond acceptors (Lipinski definition) is 3. The number of amides is 1. The van der Waals surface area contributed by atoms with Crippen LogP contribution in [0.1, 0.15) is 15.9 Å².